The minimum Gasteiger partial charge on any atom is -0.504 e. The fraction of sp³-hybridized carbons (Fsp3) is 0.500. The molecule has 0 spiro atoms. The van der Waals surface area contributed by atoms with Gasteiger partial charge in [0, 0.05) is 0 Å². The maximum Gasteiger partial charge on any atom is 0.157 e. The van der Waals surface area contributed by atoms with E-state index in [1.807, 2.05) is 6.07 Å². The van der Waals surface area contributed by atoms with E-state index >= 15 is 0 Å². The van der Waals surface area contributed by atoms with Gasteiger partial charge in [0.05, 0.1) is 0 Å². The van der Waals surface area contributed by atoms with Crippen LogP contribution in [-0.2, 0) is 6.42 Å². The Labute approximate surface area is 87.2 Å². The molecule has 0 bridgehead atoms. The molecule has 1 rings (SSSR count). The van der Waals surface area contributed by atoms with E-state index in [1.54, 1.807) is 6.07 Å². The van der Waals surface area contributed by atoms with Gasteiger partial charge in [-0.15, -0.1) is 0 Å². The van der Waals surface area contributed by atoms with Crippen molar-refractivity contribution in [2.24, 2.45) is 5.92 Å². The van der Waals surface area contributed by atoms with Crippen molar-refractivity contribution in [1.29, 1.82) is 0 Å². The van der Waals surface area contributed by atoms with Crippen molar-refractivity contribution in [1.82, 2.24) is 0 Å². The van der Waals surface area contributed by atoms with E-state index in [0.29, 0.717) is 5.92 Å². The SMILES string of the molecule is C.C.CC(C)Cc1ccc(O)c(O)c1. The van der Waals surface area contributed by atoms with Crippen molar-refractivity contribution in [3.63, 3.8) is 0 Å². The molecule has 14 heavy (non-hydrogen) atoms. The first kappa shape index (κ1) is 15.3. The van der Waals surface area contributed by atoms with E-state index < -0.39 is 0 Å². The Morgan fingerprint density at radius 3 is 2.07 bits per heavy atom. The lowest BCUT2D eigenvalue weighted by Gasteiger charge is -2.05. The van der Waals surface area contributed by atoms with Crippen molar-refractivity contribution in [2.45, 2.75) is 35.1 Å². The minimum atomic E-state index is -0.0532. The zero-order valence-electron chi connectivity index (χ0n) is 7.41. The van der Waals surface area contributed by atoms with Crippen LogP contribution in [0, 0.1) is 5.92 Å². The van der Waals surface area contributed by atoms with Gasteiger partial charge < -0.3 is 10.2 Å². The molecule has 82 valence electrons. The molecular weight excluding hydrogens is 176 g/mol. The molecule has 0 aliphatic rings. The van der Waals surface area contributed by atoms with E-state index in [4.69, 9.17) is 10.2 Å². The summed E-state index contributed by atoms with van der Waals surface area (Å²) in [5, 5.41) is 18.2. The summed E-state index contributed by atoms with van der Waals surface area (Å²) in [6.45, 7) is 4.23. The second-order valence-electron chi connectivity index (χ2n) is 3.42. The van der Waals surface area contributed by atoms with Gasteiger partial charge in [0.1, 0.15) is 0 Å². The third kappa shape index (κ3) is 4.17. The van der Waals surface area contributed by atoms with Crippen LogP contribution in [0.4, 0.5) is 0 Å². The summed E-state index contributed by atoms with van der Waals surface area (Å²) in [6, 6.07) is 4.96. The van der Waals surface area contributed by atoms with E-state index in [0.717, 1.165) is 12.0 Å². The molecule has 0 fully saturated rings. The molecule has 0 amide bonds. The first-order chi connectivity index (χ1) is 5.59. The number of aromatic hydroxyl groups is 2. The van der Waals surface area contributed by atoms with E-state index in [2.05, 4.69) is 13.8 Å². The van der Waals surface area contributed by atoms with Gasteiger partial charge in [-0.1, -0.05) is 34.8 Å². The molecule has 0 saturated carbocycles. The molecule has 0 atom stereocenters. The highest BCUT2D eigenvalue weighted by Gasteiger charge is 2.01. The topological polar surface area (TPSA) is 40.5 Å². The Hall–Kier alpha value is -1.18. The fourth-order valence-corrected chi connectivity index (χ4v) is 1.17. The third-order valence-electron chi connectivity index (χ3n) is 1.68. The maximum absolute atomic E-state index is 9.16. The number of rotatable bonds is 2. The first-order valence-corrected chi connectivity index (χ1v) is 4.10. The number of benzene rings is 1. The van der Waals surface area contributed by atoms with Crippen LogP contribution < -0.4 is 0 Å². The standard InChI is InChI=1S/C10H14O2.2CH4/c1-7(2)5-8-3-4-9(11)10(12)6-8;;/h3-4,6-7,11-12H,5H2,1-2H3;2*1H4. The Morgan fingerprint density at radius 1 is 1.07 bits per heavy atom. The number of phenolic OH excluding ortho intramolecular Hbond substituents is 2. The van der Waals surface area contributed by atoms with Gasteiger partial charge >= 0.3 is 0 Å². The Kier molecular flexibility index (Phi) is 6.89. The normalized spacial score (nSPS) is 9.07. The molecule has 0 radical (unpaired) electrons. The summed E-state index contributed by atoms with van der Waals surface area (Å²) in [7, 11) is 0. The highest BCUT2D eigenvalue weighted by molar-refractivity contribution is 5.40. The Balaban J connectivity index is 0. The molecule has 2 heteroatoms. The largest absolute Gasteiger partial charge is 0.504 e. The summed E-state index contributed by atoms with van der Waals surface area (Å²) in [5.74, 6) is 0.476. The predicted molar refractivity (Wildman–Crippen MR) is 61.8 cm³/mol. The van der Waals surface area contributed by atoms with Gasteiger partial charge in [-0.05, 0) is 30.0 Å². The minimum absolute atomic E-state index is 0. The fourth-order valence-electron chi connectivity index (χ4n) is 1.17. The molecule has 0 heterocycles. The highest BCUT2D eigenvalue weighted by atomic mass is 16.3. The number of hydrogen-bond donors (Lipinski definition) is 2. The first-order valence-electron chi connectivity index (χ1n) is 4.10. The van der Waals surface area contributed by atoms with Crippen molar-refractivity contribution in [3.8, 4) is 11.5 Å². The predicted octanol–water partition coefficient (Wildman–Crippen LogP) is 3.57. The molecule has 2 N–H and O–H groups in total. The lowest BCUT2D eigenvalue weighted by Crippen LogP contribution is -1.92. The molecule has 0 aliphatic heterocycles. The van der Waals surface area contributed by atoms with E-state index in [9.17, 15) is 0 Å². The lowest BCUT2D eigenvalue weighted by atomic mass is 10.0. The van der Waals surface area contributed by atoms with Gasteiger partial charge in [-0.25, -0.2) is 0 Å². The van der Waals surface area contributed by atoms with Gasteiger partial charge in [0.25, 0.3) is 0 Å². The smallest absolute Gasteiger partial charge is 0.157 e. The highest BCUT2D eigenvalue weighted by Crippen LogP contribution is 2.25. The quantitative estimate of drug-likeness (QED) is 0.713. The molecule has 0 saturated heterocycles. The van der Waals surface area contributed by atoms with Crippen LogP contribution >= 0.6 is 0 Å². The molecule has 0 unspecified atom stereocenters. The molecule has 0 aromatic heterocycles. The molecule has 1 aromatic carbocycles. The van der Waals surface area contributed by atoms with Crippen LogP contribution in [0.3, 0.4) is 0 Å². The Morgan fingerprint density at radius 2 is 1.64 bits per heavy atom. The number of phenols is 2. The zero-order valence-corrected chi connectivity index (χ0v) is 7.41. The van der Waals surface area contributed by atoms with Gasteiger partial charge in [-0.2, -0.15) is 0 Å². The van der Waals surface area contributed by atoms with Gasteiger partial charge in [-0.3, -0.25) is 0 Å². The van der Waals surface area contributed by atoms with Crippen LogP contribution in [0.15, 0.2) is 18.2 Å². The van der Waals surface area contributed by atoms with Crippen molar-refractivity contribution >= 4 is 0 Å². The maximum atomic E-state index is 9.16. The van der Waals surface area contributed by atoms with Crippen molar-refractivity contribution in [2.75, 3.05) is 0 Å². The van der Waals surface area contributed by atoms with Crippen LogP contribution in [0.5, 0.6) is 11.5 Å². The van der Waals surface area contributed by atoms with E-state index in [1.165, 1.54) is 6.07 Å². The Bertz CT molecular complexity index is 267. The summed E-state index contributed by atoms with van der Waals surface area (Å²) < 4.78 is 0. The van der Waals surface area contributed by atoms with Crippen LogP contribution in [0.1, 0.15) is 34.3 Å². The monoisotopic (exact) mass is 198 g/mol. The summed E-state index contributed by atoms with van der Waals surface area (Å²) in [5.41, 5.74) is 1.06. The average Bonchev–Trinajstić information content (AvgIpc) is 1.96. The van der Waals surface area contributed by atoms with Crippen LogP contribution in [0.2, 0.25) is 0 Å². The van der Waals surface area contributed by atoms with Crippen molar-refractivity contribution in [3.05, 3.63) is 23.8 Å². The third-order valence-corrected chi connectivity index (χ3v) is 1.68. The number of hydrogen-bond acceptors (Lipinski definition) is 2. The molecule has 0 aliphatic carbocycles. The second-order valence-corrected chi connectivity index (χ2v) is 3.42. The summed E-state index contributed by atoms with van der Waals surface area (Å²) in [6.07, 6.45) is 0.924. The summed E-state index contributed by atoms with van der Waals surface area (Å²) >= 11 is 0. The van der Waals surface area contributed by atoms with Crippen molar-refractivity contribution < 1.29 is 10.2 Å². The molecule has 1 aromatic rings. The zero-order chi connectivity index (χ0) is 9.14. The summed E-state index contributed by atoms with van der Waals surface area (Å²) in [4.78, 5) is 0. The second kappa shape index (κ2) is 6.30. The van der Waals surface area contributed by atoms with Crippen LogP contribution in [0.25, 0.3) is 0 Å². The molecule has 2 nitrogen and oxygen atoms in total. The lowest BCUT2D eigenvalue weighted by molar-refractivity contribution is 0.403. The molecular formula is C12H22O2. The average molecular weight is 198 g/mol. The van der Waals surface area contributed by atoms with E-state index in [-0.39, 0.29) is 26.4 Å². The van der Waals surface area contributed by atoms with Crippen LogP contribution in [-0.4, -0.2) is 10.2 Å². The van der Waals surface area contributed by atoms with Gasteiger partial charge in [0.15, 0.2) is 11.5 Å². The van der Waals surface area contributed by atoms with Gasteiger partial charge in [0.2, 0.25) is 0 Å².